The number of benzene rings is 1. The van der Waals surface area contributed by atoms with Crippen LogP contribution in [0.3, 0.4) is 0 Å². The Morgan fingerprint density at radius 3 is 2.26 bits per heavy atom. The van der Waals surface area contributed by atoms with E-state index in [2.05, 4.69) is 0 Å². The molecule has 0 amide bonds. The highest BCUT2D eigenvalue weighted by atomic mass is 16.5. The van der Waals surface area contributed by atoms with Gasteiger partial charge in [0.05, 0.1) is 12.3 Å². The van der Waals surface area contributed by atoms with E-state index in [4.69, 9.17) is 20.1 Å². The summed E-state index contributed by atoms with van der Waals surface area (Å²) < 4.78 is 4.96. The Morgan fingerprint density at radius 1 is 1.21 bits per heavy atom. The third-order valence-electron chi connectivity index (χ3n) is 2.78. The van der Waals surface area contributed by atoms with Crippen LogP contribution in [0, 0.1) is 11.8 Å². The number of carbonyl (C=O) groups excluding carboxylic acids is 1. The van der Waals surface area contributed by atoms with E-state index in [1.807, 2.05) is 0 Å². The number of esters is 1. The fourth-order valence-electron chi connectivity index (χ4n) is 1.55. The van der Waals surface area contributed by atoms with Gasteiger partial charge in [-0.1, -0.05) is 25.1 Å². The number of aliphatic hydroxyl groups excluding tert-OH is 1. The third-order valence-corrected chi connectivity index (χ3v) is 2.78. The molecule has 0 aromatic heterocycles. The molecule has 0 aliphatic rings. The van der Waals surface area contributed by atoms with E-state index >= 15 is 0 Å². The number of carboxylic acids is 1. The molecule has 104 valence electrons. The molecule has 2 atom stereocenters. The lowest BCUT2D eigenvalue weighted by molar-refractivity contribution is -0.157. The lowest BCUT2D eigenvalue weighted by Gasteiger charge is -2.20. The highest BCUT2D eigenvalue weighted by Crippen LogP contribution is 2.20. The van der Waals surface area contributed by atoms with Crippen LogP contribution in [-0.2, 0) is 9.59 Å². The highest BCUT2D eigenvalue weighted by molar-refractivity contribution is 5.80. The van der Waals surface area contributed by atoms with Crippen molar-refractivity contribution < 1.29 is 29.6 Å². The first kappa shape index (κ1) is 15.1. The minimum atomic E-state index is -1.80. The molecule has 1 aromatic carbocycles. The van der Waals surface area contributed by atoms with Crippen LogP contribution in [0.1, 0.15) is 13.3 Å². The second-order valence-electron chi connectivity index (χ2n) is 4.21. The van der Waals surface area contributed by atoms with Crippen LogP contribution in [0.5, 0.6) is 5.75 Å². The summed E-state index contributed by atoms with van der Waals surface area (Å²) in [5.41, 5.74) is 0. The van der Waals surface area contributed by atoms with Crippen LogP contribution in [0.2, 0.25) is 0 Å². The zero-order valence-electron chi connectivity index (χ0n) is 10.4. The second kappa shape index (κ2) is 6.86. The van der Waals surface area contributed by atoms with Crippen molar-refractivity contribution in [1.82, 2.24) is 0 Å². The summed E-state index contributed by atoms with van der Waals surface area (Å²) in [6.45, 7) is 1.35. The van der Waals surface area contributed by atoms with Crippen molar-refractivity contribution in [2.75, 3.05) is 0 Å². The fraction of sp³-hybridized carbons (Fsp3) is 0.385. The average Bonchev–Trinajstić information content (AvgIpc) is 2.36. The van der Waals surface area contributed by atoms with Crippen molar-refractivity contribution in [2.24, 2.45) is 11.8 Å². The van der Waals surface area contributed by atoms with E-state index in [9.17, 15) is 9.59 Å². The van der Waals surface area contributed by atoms with Gasteiger partial charge >= 0.3 is 11.9 Å². The molecule has 0 saturated heterocycles. The number of rotatable bonds is 6. The van der Waals surface area contributed by atoms with Crippen molar-refractivity contribution in [3.63, 3.8) is 0 Å². The third kappa shape index (κ3) is 4.69. The van der Waals surface area contributed by atoms with Crippen molar-refractivity contribution in [2.45, 2.75) is 19.6 Å². The predicted molar refractivity (Wildman–Crippen MR) is 65.2 cm³/mol. The maximum Gasteiger partial charge on any atom is 0.312 e. The molecule has 3 N–H and O–H groups in total. The molecule has 0 radical (unpaired) electrons. The van der Waals surface area contributed by atoms with Gasteiger partial charge in [-0.15, -0.1) is 0 Å². The topological polar surface area (TPSA) is 104 Å². The van der Waals surface area contributed by atoms with E-state index in [0.717, 1.165) is 0 Å². The van der Waals surface area contributed by atoms with Crippen LogP contribution < -0.4 is 4.74 Å². The normalized spacial score (nSPS) is 13.9. The molecule has 0 aliphatic heterocycles. The number of carbonyl (C=O) groups is 2. The molecular formula is C13H16O6. The molecule has 0 fully saturated rings. The Bertz CT molecular complexity index is 428. The van der Waals surface area contributed by atoms with Gasteiger partial charge in [-0.2, -0.15) is 0 Å². The standard InChI is InChI=1S/C13H16O6/c1-8(12(15)16)10(13(17)18)7-11(14)19-9-5-3-2-4-6-9/h2-6,8,10,12,15-16H,7H2,1H3,(H,17,18). The van der Waals surface area contributed by atoms with Crippen LogP contribution in [0.25, 0.3) is 0 Å². The SMILES string of the molecule is CC(C(O)O)C(CC(=O)Oc1ccccc1)C(=O)O. The minimum Gasteiger partial charge on any atom is -0.481 e. The van der Waals surface area contributed by atoms with Gasteiger partial charge in [0.25, 0.3) is 0 Å². The van der Waals surface area contributed by atoms with Gasteiger partial charge in [0.15, 0.2) is 6.29 Å². The summed E-state index contributed by atoms with van der Waals surface area (Å²) in [6.07, 6.45) is -2.23. The molecule has 19 heavy (non-hydrogen) atoms. The number of para-hydroxylation sites is 1. The van der Waals surface area contributed by atoms with Crippen LogP contribution >= 0.6 is 0 Å². The van der Waals surface area contributed by atoms with E-state index < -0.39 is 36.5 Å². The van der Waals surface area contributed by atoms with Crippen molar-refractivity contribution >= 4 is 11.9 Å². The molecule has 0 saturated carbocycles. The predicted octanol–water partition coefficient (Wildman–Crippen LogP) is 0.630. The zero-order chi connectivity index (χ0) is 14.4. The summed E-state index contributed by atoms with van der Waals surface area (Å²) in [5, 5.41) is 26.9. The minimum absolute atomic E-state index is 0.314. The number of ether oxygens (including phenoxy) is 1. The van der Waals surface area contributed by atoms with E-state index in [1.54, 1.807) is 30.3 Å². The van der Waals surface area contributed by atoms with E-state index in [0.29, 0.717) is 5.75 Å². The van der Waals surface area contributed by atoms with Gasteiger partial charge in [0.1, 0.15) is 5.75 Å². The average molecular weight is 268 g/mol. The van der Waals surface area contributed by atoms with Gasteiger partial charge in [0.2, 0.25) is 0 Å². The molecule has 0 bridgehead atoms. The van der Waals surface area contributed by atoms with Crippen molar-refractivity contribution in [1.29, 1.82) is 0 Å². The summed E-state index contributed by atoms with van der Waals surface area (Å²) >= 11 is 0. The molecule has 1 aromatic rings. The monoisotopic (exact) mass is 268 g/mol. The summed E-state index contributed by atoms with van der Waals surface area (Å²) in [4.78, 5) is 22.6. The number of aliphatic carboxylic acids is 1. The first-order valence-electron chi connectivity index (χ1n) is 5.76. The summed E-state index contributed by atoms with van der Waals surface area (Å²) in [7, 11) is 0. The Morgan fingerprint density at radius 2 is 1.79 bits per heavy atom. The van der Waals surface area contributed by atoms with E-state index in [1.165, 1.54) is 6.92 Å². The number of carboxylic acid groups (broad SMARTS) is 1. The Hall–Kier alpha value is -1.92. The molecular weight excluding hydrogens is 252 g/mol. The van der Waals surface area contributed by atoms with Gasteiger partial charge < -0.3 is 20.1 Å². The summed E-state index contributed by atoms with van der Waals surface area (Å²) in [6, 6.07) is 8.24. The quantitative estimate of drug-likeness (QED) is 0.397. The maximum atomic E-state index is 11.6. The van der Waals surface area contributed by atoms with Crippen LogP contribution in [0.4, 0.5) is 0 Å². The van der Waals surface area contributed by atoms with Gasteiger partial charge in [-0.3, -0.25) is 9.59 Å². The van der Waals surface area contributed by atoms with Crippen molar-refractivity contribution in [3.8, 4) is 5.75 Å². The molecule has 0 heterocycles. The highest BCUT2D eigenvalue weighted by Gasteiger charge is 2.31. The number of aliphatic hydroxyl groups is 2. The van der Waals surface area contributed by atoms with Crippen LogP contribution in [0.15, 0.2) is 30.3 Å². The molecule has 2 unspecified atom stereocenters. The Kier molecular flexibility index (Phi) is 5.47. The molecule has 1 rings (SSSR count). The van der Waals surface area contributed by atoms with Crippen molar-refractivity contribution in [3.05, 3.63) is 30.3 Å². The lowest BCUT2D eigenvalue weighted by atomic mass is 9.90. The lowest BCUT2D eigenvalue weighted by Crippen LogP contribution is -2.33. The molecule has 6 nitrogen and oxygen atoms in total. The van der Waals surface area contributed by atoms with Gasteiger partial charge in [-0.25, -0.2) is 0 Å². The second-order valence-corrected chi connectivity index (χ2v) is 4.21. The fourth-order valence-corrected chi connectivity index (χ4v) is 1.55. The zero-order valence-corrected chi connectivity index (χ0v) is 10.4. The largest absolute Gasteiger partial charge is 0.481 e. The van der Waals surface area contributed by atoms with Gasteiger partial charge in [-0.05, 0) is 12.1 Å². The number of hydrogen-bond acceptors (Lipinski definition) is 5. The first-order valence-corrected chi connectivity index (χ1v) is 5.76. The Labute approximate surface area is 110 Å². The Balaban J connectivity index is 2.65. The van der Waals surface area contributed by atoms with E-state index in [-0.39, 0.29) is 0 Å². The molecule has 6 heteroatoms. The smallest absolute Gasteiger partial charge is 0.312 e. The maximum absolute atomic E-state index is 11.6. The van der Waals surface area contributed by atoms with Crippen LogP contribution in [-0.4, -0.2) is 33.5 Å². The number of hydrogen-bond donors (Lipinski definition) is 3. The summed E-state index contributed by atoms with van der Waals surface area (Å²) in [5.74, 6) is -3.87. The molecule has 0 aliphatic carbocycles. The molecule has 0 spiro atoms. The first-order chi connectivity index (χ1) is 8.91. The van der Waals surface area contributed by atoms with Gasteiger partial charge in [0, 0.05) is 5.92 Å².